The summed E-state index contributed by atoms with van der Waals surface area (Å²) in [6.45, 7) is 6.82. The molecule has 0 radical (unpaired) electrons. The standard InChI is InChI=1S/C27H24ClN3O2/c1-4-32-25-14-20(13-22(28)26(25)33-16-19-8-6-5-7-9-19)12-21(15-29)27-30-23-10-17(2)18(3)11-24(23)31-27/h5-14H,4,16H2,1-3H3,(H,30,31)/b21-12-. The molecule has 6 heteroatoms. The van der Waals surface area contributed by atoms with Gasteiger partial charge in [0.05, 0.1) is 28.2 Å². The largest absolute Gasteiger partial charge is 0.490 e. The fourth-order valence-electron chi connectivity index (χ4n) is 3.52. The molecular weight excluding hydrogens is 434 g/mol. The zero-order valence-corrected chi connectivity index (χ0v) is 19.5. The average Bonchev–Trinajstić information content (AvgIpc) is 3.20. The predicted molar refractivity (Wildman–Crippen MR) is 132 cm³/mol. The van der Waals surface area contributed by atoms with Crippen molar-refractivity contribution in [2.24, 2.45) is 0 Å². The molecule has 0 unspecified atom stereocenters. The quantitative estimate of drug-likeness (QED) is 0.307. The highest BCUT2D eigenvalue weighted by Crippen LogP contribution is 2.38. The van der Waals surface area contributed by atoms with E-state index in [1.807, 2.05) is 62.4 Å². The van der Waals surface area contributed by atoms with Crippen LogP contribution in [0.4, 0.5) is 0 Å². The molecular formula is C27H24ClN3O2. The highest BCUT2D eigenvalue weighted by Gasteiger charge is 2.14. The number of H-pyrrole nitrogens is 1. The zero-order valence-electron chi connectivity index (χ0n) is 18.8. The number of hydrogen-bond donors (Lipinski definition) is 1. The number of hydrogen-bond acceptors (Lipinski definition) is 4. The van der Waals surface area contributed by atoms with Gasteiger partial charge in [-0.05, 0) is 73.4 Å². The summed E-state index contributed by atoms with van der Waals surface area (Å²) in [4.78, 5) is 7.86. The Morgan fingerprint density at radius 1 is 1.09 bits per heavy atom. The van der Waals surface area contributed by atoms with Gasteiger partial charge in [-0.15, -0.1) is 0 Å². The van der Waals surface area contributed by atoms with Gasteiger partial charge in [-0.3, -0.25) is 0 Å². The maximum atomic E-state index is 9.81. The van der Waals surface area contributed by atoms with Gasteiger partial charge in [0.2, 0.25) is 0 Å². The lowest BCUT2D eigenvalue weighted by molar-refractivity contribution is 0.269. The number of benzene rings is 3. The number of nitrogens with zero attached hydrogens (tertiary/aromatic N) is 2. The molecule has 0 saturated carbocycles. The van der Waals surface area contributed by atoms with Crippen LogP contribution in [0.1, 0.15) is 35.0 Å². The van der Waals surface area contributed by atoms with E-state index >= 15 is 0 Å². The molecule has 1 aromatic heterocycles. The van der Waals surface area contributed by atoms with E-state index in [4.69, 9.17) is 21.1 Å². The average molecular weight is 458 g/mol. The van der Waals surface area contributed by atoms with Crippen LogP contribution in [0.2, 0.25) is 5.02 Å². The third kappa shape index (κ3) is 5.02. The van der Waals surface area contributed by atoms with Crippen LogP contribution in [0.3, 0.4) is 0 Å². The maximum absolute atomic E-state index is 9.81. The molecule has 5 nitrogen and oxygen atoms in total. The van der Waals surface area contributed by atoms with E-state index in [0.29, 0.717) is 41.1 Å². The molecule has 1 N–H and O–H groups in total. The molecule has 1 heterocycles. The second-order valence-electron chi connectivity index (χ2n) is 7.75. The number of aromatic amines is 1. The Balaban J connectivity index is 1.68. The second-order valence-corrected chi connectivity index (χ2v) is 8.15. The molecule has 0 bridgehead atoms. The minimum atomic E-state index is 0.372. The zero-order chi connectivity index (χ0) is 23.4. The van der Waals surface area contributed by atoms with Crippen molar-refractivity contribution in [2.75, 3.05) is 6.61 Å². The summed E-state index contributed by atoms with van der Waals surface area (Å²) in [5, 5.41) is 10.2. The van der Waals surface area contributed by atoms with Crippen molar-refractivity contribution in [3.05, 3.63) is 87.7 Å². The fourth-order valence-corrected chi connectivity index (χ4v) is 3.80. The summed E-state index contributed by atoms with van der Waals surface area (Å²) in [5.41, 5.74) is 6.19. The highest BCUT2D eigenvalue weighted by molar-refractivity contribution is 6.32. The van der Waals surface area contributed by atoms with E-state index in [1.165, 1.54) is 5.56 Å². The number of imidazole rings is 1. The van der Waals surface area contributed by atoms with Crippen LogP contribution in [-0.4, -0.2) is 16.6 Å². The number of allylic oxidation sites excluding steroid dienone is 1. The van der Waals surface area contributed by atoms with Crippen LogP contribution in [0.15, 0.2) is 54.6 Å². The lowest BCUT2D eigenvalue weighted by atomic mass is 10.1. The minimum Gasteiger partial charge on any atom is -0.490 e. The van der Waals surface area contributed by atoms with Crippen molar-refractivity contribution >= 4 is 34.3 Å². The van der Waals surface area contributed by atoms with E-state index in [-0.39, 0.29) is 0 Å². The summed E-state index contributed by atoms with van der Waals surface area (Å²) < 4.78 is 11.8. The Labute approximate surface area is 198 Å². The first-order valence-corrected chi connectivity index (χ1v) is 11.1. The Morgan fingerprint density at radius 3 is 2.58 bits per heavy atom. The first-order valence-electron chi connectivity index (χ1n) is 10.7. The van der Waals surface area contributed by atoms with Crippen molar-refractivity contribution in [2.45, 2.75) is 27.4 Å². The molecule has 0 spiro atoms. The van der Waals surface area contributed by atoms with Crippen LogP contribution >= 0.6 is 11.6 Å². The van der Waals surface area contributed by atoms with Gasteiger partial charge in [-0.2, -0.15) is 5.26 Å². The van der Waals surface area contributed by atoms with Gasteiger partial charge in [-0.1, -0.05) is 41.9 Å². The highest BCUT2D eigenvalue weighted by atomic mass is 35.5. The molecule has 0 aliphatic rings. The third-order valence-electron chi connectivity index (χ3n) is 5.34. The van der Waals surface area contributed by atoms with Crippen LogP contribution < -0.4 is 9.47 Å². The lowest BCUT2D eigenvalue weighted by Gasteiger charge is -2.14. The second kappa shape index (κ2) is 9.81. The topological polar surface area (TPSA) is 70.9 Å². The van der Waals surface area contributed by atoms with Gasteiger partial charge in [0.1, 0.15) is 18.5 Å². The molecule has 166 valence electrons. The van der Waals surface area contributed by atoms with Crippen molar-refractivity contribution in [3.63, 3.8) is 0 Å². The molecule has 0 fully saturated rings. The van der Waals surface area contributed by atoms with Crippen molar-refractivity contribution in [1.82, 2.24) is 9.97 Å². The molecule has 0 amide bonds. The summed E-state index contributed by atoms with van der Waals surface area (Å²) in [6, 6.07) is 19.7. The number of aryl methyl sites for hydroxylation is 2. The van der Waals surface area contributed by atoms with Crippen LogP contribution in [0.5, 0.6) is 11.5 Å². The molecule has 3 aromatic carbocycles. The molecule has 4 rings (SSSR count). The Bertz CT molecular complexity index is 1330. The first-order chi connectivity index (χ1) is 16.0. The number of aromatic nitrogens is 2. The first kappa shape index (κ1) is 22.4. The number of halogens is 1. The van der Waals surface area contributed by atoms with Gasteiger partial charge >= 0.3 is 0 Å². The number of ether oxygens (including phenoxy) is 2. The molecule has 33 heavy (non-hydrogen) atoms. The monoisotopic (exact) mass is 457 g/mol. The summed E-state index contributed by atoms with van der Waals surface area (Å²) in [5.74, 6) is 1.52. The normalized spacial score (nSPS) is 11.4. The van der Waals surface area contributed by atoms with E-state index in [2.05, 4.69) is 23.0 Å². The number of nitriles is 1. The SMILES string of the molecule is CCOc1cc(/C=C(/C#N)c2nc3cc(C)c(C)cc3[nH]2)cc(Cl)c1OCc1ccccc1. The molecule has 0 aliphatic carbocycles. The summed E-state index contributed by atoms with van der Waals surface area (Å²) >= 11 is 6.57. The van der Waals surface area contributed by atoms with Crippen molar-refractivity contribution in [3.8, 4) is 17.6 Å². The minimum absolute atomic E-state index is 0.372. The van der Waals surface area contributed by atoms with Gasteiger partial charge in [-0.25, -0.2) is 4.98 Å². The van der Waals surface area contributed by atoms with Crippen LogP contribution in [-0.2, 0) is 6.61 Å². The Kier molecular flexibility index (Phi) is 6.67. The molecule has 4 aromatic rings. The van der Waals surface area contributed by atoms with Gasteiger partial charge in [0.25, 0.3) is 0 Å². The smallest absolute Gasteiger partial charge is 0.180 e. The number of fused-ring (bicyclic) bond motifs is 1. The lowest BCUT2D eigenvalue weighted by Crippen LogP contribution is -2.01. The van der Waals surface area contributed by atoms with E-state index in [0.717, 1.165) is 27.7 Å². The van der Waals surface area contributed by atoms with Crippen molar-refractivity contribution < 1.29 is 9.47 Å². The van der Waals surface area contributed by atoms with Crippen LogP contribution in [0.25, 0.3) is 22.7 Å². The maximum Gasteiger partial charge on any atom is 0.180 e. The number of nitrogens with one attached hydrogen (secondary N) is 1. The Morgan fingerprint density at radius 2 is 1.85 bits per heavy atom. The van der Waals surface area contributed by atoms with Gasteiger partial charge in [0.15, 0.2) is 11.5 Å². The summed E-state index contributed by atoms with van der Waals surface area (Å²) in [7, 11) is 0. The van der Waals surface area contributed by atoms with E-state index in [9.17, 15) is 5.26 Å². The van der Waals surface area contributed by atoms with E-state index in [1.54, 1.807) is 12.1 Å². The number of rotatable bonds is 7. The van der Waals surface area contributed by atoms with Crippen molar-refractivity contribution in [1.29, 1.82) is 5.26 Å². The third-order valence-corrected chi connectivity index (χ3v) is 5.62. The van der Waals surface area contributed by atoms with Crippen LogP contribution in [0, 0.1) is 25.2 Å². The van der Waals surface area contributed by atoms with E-state index < -0.39 is 0 Å². The summed E-state index contributed by atoms with van der Waals surface area (Å²) in [6.07, 6.45) is 1.74. The predicted octanol–water partition coefficient (Wildman–Crippen LogP) is 6.88. The molecule has 0 aliphatic heterocycles. The van der Waals surface area contributed by atoms with Gasteiger partial charge < -0.3 is 14.5 Å². The molecule has 0 saturated heterocycles. The van der Waals surface area contributed by atoms with Gasteiger partial charge in [0, 0.05) is 0 Å². The fraction of sp³-hybridized carbons (Fsp3) is 0.185. The Hall–Kier alpha value is -3.75. The molecule has 0 atom stereocenters.